The normalized spacial score (nSPS) is 24.3. The Morgan fingerprint density at radius 1 is 1.21 bits per heavy atom. The standard InChI is InChI=1S/C18H24N4O2/c23-16-11-13(12-22(16)14-6-7-14)20-17-15(5-4-8-19-17)18(24)21-9-2-1-3-10-21/h4-5,8,13-14H,1-3,6-7,9-12H2,(H,19,20). The Labute approximate surface area is 142 Å². The van der Waals surface area contributed by atoms with Gasteiger partial charge in [0.05, 0.1) is 11.6 Å². The zero-order chi connectivity index (χ0) is 16.5. The summed E-state index contributed by atoms with van der Waals surface area (Å²) in [4.78, 5) is 33.2. The number of hydrogen-bond donors (Lipinski definition) is 1. The van der Waals surface area contributed by atoms with Crippen molar-refractivity contribution in [2.45, 2.75) is 50.6 Å². The lowest BCUT2D eigenvalue weighted by Crippen LogP contribution is -2.36. The number of nitrogens with zero attached hydrogens (tertiary/aromatic N) is 3. The minimum atomic E-state index is 0.0425. The van der Waals surface area contributed by atoms with Crippen LogP contribution >= 0.6 is 0 Å². The van der Waals surface area contributed by atoms with E-state index in [9.17, 15) is 9.59 Å². The van der Waals surface area contributed by atoms with Crippen LogP contribution in [0.5, 0.6) is 0 Å². The largest absolute Gasteiger partial charge is 0.364 e. The van der Waals surface area contributed by atoms with Crippen molar-refractivity contribution in [2.24, 2.45) is 0 Å². The molecule has 2 aliphatic heterocycles. The smallest absolute Gasteiger partial charge is 0.257 e. The Morgan fingerprint density at radius 3 is 2.75 bits per heavy atom. The molecule has 1 aromatic rings. The van der Waals surface area contributed by atoms with Gasteiger partial charge >= 0.3 is 0 Å². The minimum Gasteiger partial charge on any atom is -0.364 e. The average Bonchev–Trinajstić information content (AvgIpc) is 3.39. The summed E-state index contributed by atoms with van der Waals surface area (Å²) < 4.78 is 0. The molecule has 1 atom stereocenters. The average molecular weight is 328 g/mol. The first-order chi connectivity index (χ1) is 11.7. The van der Waals surface area contributed by atoms with E-state index in [2.05, 4.69) is 10.3 Å². The Morgan fingerprint density at radius 2 is 2.00 bits per heavy atom. The molecular formula is C18H24N4O2. The van der Waals surface area contributed by atoms with Crippen molar-refractivity contribution in [2.75, 3.05) is 25.0 Å². The summed E-state index contributed by atoms with van der Waals surface area (Å²) in [6, 6.07) is 4.13. The van der Waals surface area contributed by atoms with Gasteiger partial charge in [-0.05, 0) is 44.2 Å². The number of carbonyl (C=O) groups is 2. The lowest BCUT2D eigenvalue weighted by Gasteiger charge is -2.27. The van der Waals surface area contributed by atoms with E-state index in [1.165, 1.54) is 6.42 Å². The molecule has 0 spiro atoms. The van der Waals surface area contributed by atoms with E-state index < -0.39 is 0 Å². The van der Waals surface area contributed by atoms with E-state index in [1.807, 2.05) is 15.9 Å². The molecule has 1 aliphatic carbocycles. The SMILES string of the molecule is O=C(c1cccnc1NC1CC(=O)N(C2CC2)C1)N1CCCCC1. The van der Waals surface area contributed by atoms with E-state index in [1.54, 1.807) is 12.3 Å². The number of piperidine rings is 1. The number of carbonyl (C=O) groups excluding carboxylic acids is 2. The fraction of sp³-hybridized carbons (Fsp3) is 0.611. The Balaban J connectivity index is 1.47. The first-order valence-corrected chi connectivity index (χ1v) is 9.02. The van der Waals surface area contributed by atoms with Gasteiger partial charge in [0.25, 0.3) is 5.91 Å². The van der Waals surface area contributed by atoms with Gasteiger partial charge in [0, 0.05) is 38.3 Å². The first kappa shape index (κ1) is 15.4. The number of rotatable bonds is 4. The molecule has 1 N–H and O–H groups in total. The van der Waals surface area contributed by atoms with E-state index in [0.717, 1.165) is 45.3 Å². The van der Waals surface area contributed by atoms with Crippen molar-refractivity contribution in [3.63, 3.8) is 0 Å². The van der Waals surface area contributed by atoms with Gasteiger partial charge in [0.2, 0.25) is 5.91 Å². The minimum absolute atomic E-state index is 0.0425. The fourth-order valence-corrected chi connectivity index (χ4v) is 3.72. The van der Waals surface area contributed by atoms with Gasteiger partial charge in [0.15, 0.2) is 0 Å². The van der Waals surface area contributed by atoms with Crippen molar-refractivity contribution in [3.8, 4) is 0 Å². The molecular weight excluding hydrogens is 304 g/mol. The molecule has 0 aromatic carbocycles. The number of aromatic nitrogens is 1. The van der Waals surface area contributed by atoms with E-state index in [4.69, 9.17) is 0 Å². The summed E-state index contributed by atoms with van der Waals surface area (Å²) in [7, 11) is 0. The van der Waals surface area contributed by atoms with Crippen LogP contribution in [-0.2, 0) is 4.79 Å². The summed E-state index contributed by atoms with van der Waals surface area (Å²) in [5.41, 5.74) is 0.622. The molecule has 1 aromatic heterocycles. The molecule has 2 saturated heterocycles. The number of anilines is 1. The second kappa shape index (κ2) is 6.42. The third kappa shape index (κ3) is 3.09. The Hall–Kier alpha value is -2.11. The molecule has 1 unspecified atom stereocenters. The molecule has 6 heteroatoms. The van der Waals surface area contributed by atoms with Gasteiger partial charge in [-0.15, -0.1) is 0 Å². The predicted molar refractivity (Wildman–Crippen MR) is 90.8 cm³/mol. The van der Waals surface area contributed by atoms with E-state index in [0.29, 0.717) is 23.8 Å². The molecule has 6 nitrogen and oxygen atoms in total. The predicted octanol–water partition coefficient (Wildman–Crippen LogP) is 1.88. The highest BCUT2D eigenvalue weighted by atomic mass is 16.2. The lowest BCUT2D eigenvalue weighted by atomic mass is 10.1. The molecule has 2 amide bonds. The molecule has 0 bridgehead atoms. The molecule has 24 heavy (non-hydrogen) atoms. The maximum absolute atomic E-state index is 12.8. The monoisotopic (exact) mass is 328 g/mol. The van der Waals surface area contributed by atoms with Crippen LogP contribution < -0.4 is 5.32 Å². The summed E-state index contributed by atoms with van der Waals surface area (Å²) in [6.45, 7) is 2.37. The van der Waals surface area contributed by atoms with Gasteiger partial charge in [0.1, 0.15) is 5.82 Å². The first-order valence-electron chi connectivity index (χ1n) is 9.02. The van der Waals surface area contributed by atoms with Gasteiger partial charge < -0.3 is 15.1 Å². The Kier molecular flexibility index (Phi) is 4.12. The van der Waals surface area contributed by atoms with Crippen LogP contribution in [0.3, 0.4) is 0 Å². The van der Waals surface area contributed by atoms with E-state index in [-0.39, 0.29) is 17.9 Å². The number of likely N-dealkylation sites (tertiary alicyclic amines) is 2. The van der Waals surface area contributed by atoms with E-state index >= 15 is 0 Å². The maximum Gasteiger partial charge on any atom is 0.257 e. The number of pyridine rings is 1. The van der Waals surface area contributed by atoms with Crippen molar-refractivity contribution < 1.29 is 9.59 Å². The summed E-state index contributed by atoms with van der Waals surface area (Å²) >= 11 is 0. The highest BCUT2D eigenvalue weighted by Crippen LogP contribution is 2.31. The van der Waals surface area contributed by atoms with Crippen molar-refractivity contribution in [3.05, 3.63) is 23.9 Å². The van der Waals surface area contributed by atoms with Crippen molar-refractivity contribution >= 4 is 17.6 Å². The number of hydrogen-bond acceptors (Lipinski definition) is 4. The van der Waals surface area contributed by atoms with Gasteiger partial charge in [-0.2, -0.15) is 0 Å². The van der Waals surface area contributed by atoms with Crippen LogP contribution in [0.15, 0.2) is 18.3 Å². The highest BCUT2D eigenvalue weighted by molar-refractivity contribution is 5.99. The molecule has 3 aliphatic rings. The third-order valence-corrected chi connectivity index (χ3v) is 5.17. The van der Waals surface area contributed by atoms with Crippen LogP contribution in [0.2, 0.25) is 0 Å². The summed E-state index contributed by atoms with van der Waals surface area (Å²) in [5.74, 6) is 0.882. The second-order valence-electron chi connectivity index (χ2n) is 7.08. The summed E-state index contributed by atoms with van der Waals surface area (Å²) in [5, 5.41) is 3.35. The van der Waals surface area contributed by atoms with Gasteiger partial charge in [-0.3, -0.25) is 9.59 Å². The molecule has 4 rings (SSSR count). The number of nitrogens with one attached hydrogen (secondary N) is 1. The molecule has 3 fully saturated rings. The maximum atomic E-state index is 12.8. The van der Waals surface area contributed by atoms with Crippen molar-refractivity contribution in [1.82, 2.24) is 14.8 Å². The molecule has 1 saturated carbocycles. The van der Waals surface area contributed by atoms with Crippen LogP contribution in [0.4, 0.5) is 5.82 Å². The third-order valence-electron chi connectivity index (χ3n) is 5.17. The quantitative estimate of drug-likeness (QED) is 0.916. The molecule has 0 radical (unpaired) electrons. The highest BCUT2D eigenvalue weighted by Gasteiger charge is 2.39. The topological polar surface area (TPSA) is 65.5 Å². The van der Waals surface area contributed by atoms with Crippen LogP contribution in [0.1, 0.15) is 48.9 Å². The number of amides is 2. The Bertz CT molecular complexity index is 638. The zero-order valence-corrected chi connectivity index (χ0v) is 13.9. The zero-order valence-electron chi connectivity index (χ0n) is 13.9. The van der Waals surface area contributed by atoms with Crippen LogP contribution in [0.25, 0.3) is 0 Å². The second-order valence-corrected chi connectivity index (χ2v) is 7.08. The fourth-order valence-electron chi connectivity index (χ4n) is 3.72. The molecule has 3 heterocycles. The van der Waals surface area contributed by atoms with Crippen LogP contribution in [0, 0.1) is 0 Å². The van der Waals surface area contributed by atoms with Crippen LogP contribution in [-0.4, -0.2) is 58.3 Å². The summed E-state index contributed by atoms with van der Waals surface area (Å²) in [6.07, 6.45) is 7.78. The van der Waals surface area contributed by atoms with Gasteiger partial charge in [-0.25, -0.2) is 4.98 Å². The lowest BCUT2D eigenvalue weighted by molar-refractivity contribution is -0.128. The van der Waals surface area contributed by atoms with Gasteiger partial charge in [-0.1, -0.05) is 0 Å². The van der Waals surface area contributed by atoms with Crippen molar-refractivity contribution in [1.29, 1.82) is 0 Å². The molecule has 128 valence electrons.